The fraction of sp³-hybridized carbons (Fsp3) is 0.714. The number of H-pyrrole nitrogens is 1. The minimum absolute atomic E-state index is 0.0801. The van der Waals surface area contributed by atoms with Crippen molar-refractivity contribution in [2.45, 2.75) is 38.8 Å². The molecule has 2 heterocycles. The fourth-order valence-corrected chi connectivity index (χ4v) is 2.96. The van der Waals surface area contributed by atoms with E-state index in [1.165, 1.54) is 0 Å². The Balaban J connectivity index is 2.16. The molecule has 1 amide bonds. The van der Waals surface area contributed by atoms with Gasteiger partial charge in [0.15, 0.2) is 0 Å². The SMILES string of the molecule is COC[C@H]1CC(c2ncc(I)[nH]2)N(C(=O)OC(C)(C)C)C1. The molecule has 0 aromatic carbocycles. The number of nitrogens with one attached hydrogen (secondary N) is 1. The number of hydrogen-bond donors (Lipinski definition) is 1. The molecule has 0 spiro atoms. The van der Waals surface area contributed by atoms with Crippen LogP contribution in [0.5, 0.6) is 0 Å². The number of carbonyl (C=O) groups is 1. The first kappa shape index (κ1) is 16.5. The molecule has 1 saturated heterocycles. The number of hydrogen-bond acceptors (Lipinski definition) is 4. The topological polar surface area (TPSA) is 67.5 Å². The number of methoxy groups -OCH3 is 1. The van der Waals surface area contributed by atoms with Crippen LogP contribution in [0.4, 0.5) is 4.79 Å². The summed E-state index contributed by atoms with van der Waals surface area (Å²) in [5.41, 5.74) is -0.501. The molecule has 0 saturated carbocycles. The van der Waals surface area contributed by atoms with Crippen molar-refractivity contribution >= 4 is 28.7 Å². The van der Waals surface area contributed by atoms with Gasteiger partial charge in [0, 0.05) is 19.6 Å². The van der Waals surface area contributed by atoms with Gasteiger partial charge < -0.3 is 14.5 Å². The Hall–Kier alpha value is -0.830. The zero-order chi connectivity index (χ0) is 15.6. The van der Waals surface area contributed by atoms with Crippen molar-refractivity contribution in [2.24, 2.45) is 5.92 Å². The lowest BCUT2D eigenvalue weighted by atomic mass is 10.1. The van der Waals surface area contributed by atoms with Gasteiger partial charge >= 0.3 is 6.09 Å². The van der Waals surface area contributed by atoms with Crippen molar-refractivity contribution in [3.8, 4) is 0 Å². The Labute approximate surface area is 138 Å². The second kappa shape index (κ2) is 6.51. The summed E-state index contributed by atoms with van der Waals surface area (Å²) in [5.74, 6) is 1.11. The van der Waals surface area contributed by atoms with Crippen LogP contribution in [0.15, 0.2) is 6.20 Å². The monoisotopic (exact) mass is 407 g/mol. The predicted octanol–water partition coefficient (Wildman–Crippen LogP) is 2.96. The first-order chi connectivity index (χ1) is 9.80. The number of aromatic nitrogens is 2. The highest BCUT2D eigenvalue weighted by molar-refractivity contribution is 14.1. The summed E-state index contributed by atoms with van der Waals surface area (Å²) in [7, 11) is 1.68. The molecule has 1 fully saturated rings. The Morgan fingerprint density at radius 3 is 2.81 bits per heavy atom. The lowest BCUT2D eigenvalue weighted by Gasteiger charge is -2.27. The van der Waals surface area contributed by atoms with E-state index in [9.17, 15) is 4.79 Å². The van der Waals surface area contributed by atoms with Crippen molar-refractivity contribution in [1.29, 1.82) is 0 Å². The minimum atomic E-state index is -0.501. The standard InChI is InChI=1S/C14H22IN3O3/c1-14(2,3)21-13(19)18-7-9(8-20-4)5-10(18)12-16-6-11(15)17-12/h6,9-10H,5,7-8H2,1-4H3,(H,16,17)/t9-,10?/m0/s1. The molecule has 1 aromatic rings. The highest BCUT2D eigenvalue weighted by atomic mass is 127. The summed E-state index contributed by atoms with van der Waals surface area (Å²) in [6.45, 7) is 6.88. The molecule has 1 aliphatic heterocycles. The van der Waals surface area contributed by atoms with Crippen LogP contribution in [0, 0.1) is 9.62 Å². The summed E-state index contributed by atoms with van der Waals surface area (Å²) in [5, 5.41) is 0. The second-order valence-corrected chi connectivity index (χ2v) is 7.48. The third kappa shape index (κ3) is 4.32. The summed E-state index contributed by atoms with van der Waals surface area (Å²) < 4.78 is 11.7. The normalized spacial score (nSPS) is 22.6. The zero-order valence-electron chi connectivity index (χ0n) is 12.9. The molecular formula is C14H22IN3O3. The van der Waals surface area contributed by atoms with Gasteiger partial charge in [-0.15, -0.1) is 0 Å². The maximum atomic E-state index is 12.4. The predicted molar refractivity (Wildman–Crippen MR) is 87.0 cm³/mol. The van der Waals surface area contributed by atoms with Gasteiger partial charge in [0.2, 0.25) is 0 Å². The number of rotatable bonds is 3. The highest BCUT2D eigenvalue weighted by Crippen LogP contribution is 2.35. The first-order valence-electron chi connectivity index (χ1n) is 6.99. The van der Waals surface area contributed by atoms with Crippen molar-refractivity contribution in [1.82, 2.24) is 14.9 Å². The van der Waals surface area contributed by atoms with Crippen LogP contribution < -0.4 is 0 Å². The molecule has 1 aromatic heterocycles. The number of imidazole rings is 1. The average molecular weight is 407 g/mol. The Morgan fingerprint density at radius 2 is 2.29 bits per heavy atom. The molecule has 2 atom stereocenters. The van der Waals surface area contributed by atoms with Gasteiger partial charge in [0.25, 0.3) is 0 Å². The van der Waals surface area contributed by atoms with Gasteiger partial charge in [-0.05, 0) is 49.8 Å². The van der Waals surface area contributed by atoms with E-state index in [2.05, 4.69) is 32.6 Å². The van der Waals surface area contributed by atoms with E-state index in [0.717, 1.165) is 15.9 Å². The molecule has 6 nitrogen and oxygen atoms in total. The van der Waals surface area contributed by atoms with E-state index in [-0.39, 0.29) is 12.1 Å². The summed E-state index contributed by atoms with van der Waals surface area (Å²) in [6, 6.07) is -0.0801. The van der Waals surface area contributed by atoms with Crippen molar-refractivity contribution in [2.75, 3.05) is 20.3 Å². The summed E-state index contributed by atoms with van der Waals surface area (Å²) in [6.07, 6.45) is 2.31. The van der Waals surface area contributed by atoms with Gasteiger partial charge in [-0.3, -0.25) is 4.90 Å². The Bertz CT molecular complexity index is 498. The molecule has 0 radical (unpaired) electrons. The lowest BCUT2D eigenvalue weighted by molar-refractivity contribution is 0.0208. The van der Waals surface area contributed by atoms with Crippen molar-refractivity contribution in [3.63, 3.8) is 0 Å². The number of carbonyl (C=O) groups excluding carboxylic acids is 1. The van der Waals surface area contributed by atoms with E-state index >= 15 is 0 Å². The largest absolute Gasteiger partial charge is 0.444 e. The lowest BCUT2D eigenvalue weighted by Crippen LogP contribution is -2.37. The number of likely N-dealkylation sites (tertiary alicyclic amines) is 1. The first-order valence-corrected chi connectivity index (χ1v) is 8.07. The van der Waals surface area contributed by atoms with E-state index in [0.29, 0.717) is 19.1 Å². The van der Waals surface area contributed by atoms with Crippen LogP contribution in [0.3, 0.4) is 0 Å². The number of ether oxygens (including phenoxy) is 2. The zero-order valence-corrected chi connectivity index (χ0v) is 15.0. The van der Waals surface area contributed by atoms with E-state index in [1.54, 1.807) is 18.2 Å². The molecule has 1 N–H and O–H groups in total. The Kier molecular flexibility index (Phi) is 5.13. The average Bonchev–Trinajstić information content (AvgIpc) is 2.93. The van der Waals surface area contributed by atoms with Crippen molar-refractivity contribution < 1.29 is 14.3 Å². The number of amides is 1. The van der Waals surface area contributed by atoms with Crippen LogP contribution >= 0.6 is 22.6 Å². The third-order valence-electron chi connectivity index (χ3n) is 3.30. The van der Waals surface area contributed by atoms with E-state index in [4.69, 9.17) is 9.47 Å². The minimum Gasteiger partial charge on any atom is -0.444 e. The molecule has 2 rings (SSSR count). The summed E-state index contributed by atoms with van der Waals surface area (Å²) >= 11 is 2.18. The number of halogens is 1. The third-order valence-corrected chi connectivity index (χ3v) is 3.85. The molecular weight excluding hydrogens is 385 g/mol. The molecule has 118 valence electrons. The van der Waals surface area contributed by atoms with Crippen LogP contribution in [0.25, 0.3) is 0 Å². The second-order valence-electron chi connectivity index (χ2n) is 6.32. The number of aromatic amines is 1. The van der Waals surface area contributed by atoms with Crippen LogP contribution in [-0.4, -0.2) is 46.8 Å². The van der Waals surface area contributed by atoms with Gasteiger partial charge in [-0.1, -0.05) is 0 Å². The van der Waals surface area contributed by atoms with E-state index < -0.39 is 5.60 Å². The quantitative estimate of drug-likeness (QED) is 0.783. The molecule has 7 heteroatoms. The molecule has 0 bridgehead atoms. The maximum absolute atomic E-state index is 12.4. The molecule has 21 heavy (non-hydrogen) atoms. The van der Waals surface area contributed by atoms with Gasteiger partial charge in [0.1, 0.15) is 11.4 Å². The molecule has 0 aliphatic carbocycles. The van der Waals surface area contributed by atoms with Gasteiger partial charge in [-0.25, -0.2) is 9.78 Å². The smallest absolute Gasteiger partial charge is 0.410 e. The van der Waals surface area contributed by atoms with Crippen LogP contribution in [0.1, 0.15) is 39.1 Å². The van der Waals surface area contributed by atoms with Gasteiger partial charge in [0.05, 0.1) is 22.5 Å². The number of nitrogens with zero attached hydrogens (tertiary/aromatic N) is 2. The molecule has 1 aliphatic rings. The summed E-state index contributed by atoms with van der Waals surface area (Å²) in [4.78, 5) is 21.8. The van der Waals surface area contributed by atoms with E-state index in [1.807, 2.05) is 20.8 Å². The molecule has 1 unspecified atom stereocenters. The fourth-order valence-electron chi connectivity index (χ4n) is 2.54. The maximum Gasteiger partial charge on any atom is 0.410 e. The van der Waals surface area contributed by atoms with Crippen molar-refractivity contribution in [3.05, 3.63) is 15.7 Å². The highest BCUT2D eigenvalue weighted by Gasteiger charge is 2.39. The van der Waals surface area contributed by atoms with Crippen LogP contribution in [0.2, 0.25) is 0 Å². The van der Waals surface area contributed by atoms with Gasteiger partial charge in [-0.2, -0.15) is 0 Å². The Morgan fingerprint density at radius 1 is 1.57 bits per heavy atom. The van der Waals surface area contributed by atoms with Crippen LogP contribution in [-0.2, 0) is 9.47 Å².